The Labute approximate surface area is 97.7 Å². The molecule has 0 aliphatic heterocycles. The third-order valence-electron chi connectivity index (χ3n) is 0.463. The molecule has 0 aliphatic rings. The van der Waals surface area contributed by atoms with E-state index >= 15 is 0 Å². The topological polar surface area (TPSA) is 60.0 Å². The van der Waals surface area contributed by atoms with Crippen LogP contribution in [0.2, 0.25) is 0 Å². The van der Waals surface area contributed by atoms with Crippen LogP contribution < -0.4 is 34.7 Å². The van der Waals surface area contributed by atoms with Gasteiger partial charge in [0.25, 0.3) is 0 Å². The number of hydrogen-bond acceptors (Lipinski definition) is 2. The summed E-state index contributed by atoms with van der Waals surface area (Å²) in [5.74, 6) is -2.62. The molecule has 0 fully saturated rings. The summed E-state index contributed by atoms with van der Waals surface area (Å²) in [5, 5.41) is 19.2. The van der Waals surface area contributed by atoms with Crippen molar-refractivity contribution in [3.63, 3.8) is 0 Å². The van der Waals surface area contributed by atoms with Gasteiger partial charge in [-0.05, 0) is 13.0 Å². The molecule has 0 aromatic carbocycles. The van der Waals surface area contributed by atoms with Crippen LogP contribution in [0, 0.1) is 0 Å². The molecule has 0 heterocycles. The standard InChI is InChI=1S/C4H5O3.2Na/c1-2-3(5)4(6)7;;/h2H,1H3,(H,6,7);;/q;;+1/p-1. The van der Waals surface area contributed by atoms with Crippen LogP contribution in [-0.2, 0) is 9.90 Å². The van der Waals surface area contributed by atoms with Gasteiger partial charge in [0.05, 0.1) is 0 Å². The maximum atomic E-state index is 9.79. The first-order valence-corrected chi connectivity index (χ1v) is 1.73. The van der Waals surface area contributed by atoms with Crippen molar-refractivity contribution in [1.29, 1.82) is 0 Å². The minimum atomic E-state index is -1.65. The van der Waals surface area contributed by atoms with Gasteiger partial charge in [0, 0.05) is 29.6 Å². The van der Waals surface area contributed by atoms with E-state index in [-0.39, 0.29) is 59.1 Å². The van der Waals surface area contributed by atoms with E-state index in [0.29, 0.717) is 0 Å². The van der Waals surface area contributed by atoms with Gasteiger partial charge < -0.3 is 9.90 Å². The van der Waals surface area contributed by atoms with E-state index in [4.69, 9.17) is 0 Å². The molecule has 0 saturated carbocycles. The van der Waals surface area contributed by atoms with Gasteiger partial charge in [0.2, 0.25) is 0 Å². The number of allylic oxidation sites excluding steroid dienone is 1. The van der Waals surface area contributed by atoms with Crippen LogP contribution in [0.25, 0.3) is 0 Å². The van der Waals surface area contributed by atoms with Gasteiger partial charge in [-0.2, -0.15) is 0 Å². The zero-order chi connectivity index (χ0) is 5.86. The fourth-order valence-electron chi connectivity index (χ4n) is 0.118. The maximum Gasteiger partial charge on any atom is 1.00 e. The van der Waals surface area contributed by atoms with E-state index in [9.17, 15) is 15.0 Å². The van der Waals surface area contributed by atoms with Crippen LogP contribution in [0.15, 0.2) is 11.8 Å². The minimum absolute atomic E-state index is 0. The molecular formula is C4H4Na2O3. The number of carbonyl (C=O) groups excluding carboxylic acids is 1. The summed E-state index contributed by atoms with van der Waals surface area (Å²) in [6, 6.07) is 0. The number of rotatable bonds is 1. The molecule has 0 N–H and O–H groups in total. The number of carboxylic acids is 1. The van der Waals surface area contributed by atoms with Gasteiger partial charge in [-0.25, -0.2) is 0 Å². The van der Waals surface area contributed by atoms with E-state index < -0.39 is 11.7 Å². The Morgan fingerprint density at radius 1 is 1.56 bits per heavy atom. The molecule has 3 nitrogen and oxygen atoms in total. The van der Waals surface area contributed by atoms with Crippen LogP contribution in [-0.4, -0.2) is 35.5 Å². The molecule has 40 valence electrons. The summed E-state index contributed by atoms with van der Waals surface area (Å²) in [7, 11) is 0. The Balaban J connectivity index is -0.000000180. The van der Waals surface area contributed by atoms with E-state index in [1.807, 2.05) is 0 Å². The maximum absolute atomic E-state index is 9.79. The third-order valence-corrected chi connectivity index (χ3v) is 0.463. The molecule has 2 radical (unpaired) electrons. The Bertz CT molecular complexity index is 110. The average Bonchev–Trinajstić information content (AvgIpc) is 1.65. The molecule has 9 heavy (non-hydrogen) atoms. The average molecular weight is 146 g/mol. The summed E-state index contributed by atoms with van der Waals surface area (Å²) in [6.07, 6.45) is 0.940. The van der Waals surface area contributed by atoms with Crippen molar-refractivity contribution in [2.24, 2.45) is 0 Å². The second-order valence-corrected chi connectivity index (χ2v) is 0.940. The Morgan fingerprint density at radius 3 is 1.89 bits per heavy atom. The van der Waals surface area contributed by atoms with Gasteiger partial charge in [-0.15, -0.1) is 0 Å². The van der Waals surface area contributed by atoms with Gasteiger partial charge in [0.15, 0.2) is 5.76 Å². The molecule has 0 saturated heterocycles. The predicted octanol–water partition coefficient (Wildman–Crippen LogP) is -4.31. The normalized spacial score (nSPS) is 8.78. The number of aliphatic carboxylic acids is 1. The quantitative estimate of drug-likeness (QED) is 0.213. The van der Waals surface area contributed by atoms with Crippen LogP contribution in [0.3, 0.4) is 0 Å². The van der Waals surface area contributed by atoms with E-state index in [0.717, 1.165) is 6.08 Å². The van der Waals surface area contributed by atoms with E-state index in [1.54, 1.807) is 0 Å². The first-order chi connectivity index (χ1) is 3.18. The second kappa shape index (κ2) is 9.01. The largest absolute Gasteiger partial charge is 1.00 e. The Morgan fingerprint density at radius 2 is 1.89 bits per heavy atom. The van der Waals surface area contributed by atoms with Crippen molar-refractivity contribution in [1.82, 2.24) is 0 Å². The van der Waals surface area contributed by atoms with Crippen molar-refractivity contribution in [2.45, 2.75) is 6.92 Å². The van der Waals surface area contributed by atoms with E-state index in [1.165, 1.54) is 6.92 Å². The molecule has 0 rings (SSSR count). The Kier molecular flexibility index (Phi) is 16.6. The Hall–Kier alpha value is 1.01. The van der Waals surface area contributed by atoms with Crippen LogP contribution >= 0.6 is 0 Å². The molecular weight excluding hydrogens is 142 g/mol. The monoisotopic (exact) mass is 146 g/mol. The molecule has 5 heteroatoms. The summed E-state index contributed by atoms with van der Waals surface area (Å²) >= 11 is 0. The summed E-state index contributed by atoms with van der Waals surface area (Å²) in [5.41, 5.74) is 0. The minimum Gasteiger partial charge on any atom is -0.541 e. The summed E-state index contributed by atoms with van der Waals surface area (Å²) < 4.78 is 0. The summed E-state index contributed by atoms with van der Waals surface area (Å²) in [4.78, 5) is 9.44. The molecule has 0 spiro atoms. The molecule has 0 aliphatic carbocycles. The van der Waals surface area contributed by atoms with Crippen LogP contribution in [0.4, 0.5) is 0 Å². The van der Waals surface area contributed by atoms with Gasteiger partial charge in [-0.3, -0.25) is 5.11 Å². The van der Waals surface area contributed by atoms with Gasteiger partial charge >= 0.3 is 29.6 Å². The predicted molar refractivity (Wildman–Crippen MR) is 25.2 cm³/mol. The fourth-order valence-corrected chi connectivity index (χ4v) is 0.118. The van der Waals surface area contributed by atoms with Crippen molar-refractivity contribution >= 4 is 35.5 Å². The zero-order valence-electron chi connectivity index (χ0n) is 5.80. The smallest absolute Gasteiger partial charge is 0.541 e. The third kappa shape index (κ3) is 9.01. The first kappa shape index (κ1) is 16.5. The zero-order valence-corrected chi connectivity index (χ0v) is 9.80. The number of carbonyl (C=O) groups is 1. The molecule has 0 amide bonds. The van der Waals surface area contributed by atoms with Crippen LogP contribution in [0.5, 0.6) is 0 Å². The SMILES string of the molecule is CC=C([O])C(=O)[O-].[Na+].[Na]. The fraction of sp³-hybridized carbons (Fsp3) is 0.250. The van der Waals surface area contributed by atoms with Crippen LogP contribution in [0.1, 0.15) is 6.92 Å². The van der Waals surface area contributed by atoms with Crippen molar-refractivity contribution in [3.05, 3.63) is 11.8 Å². The molecule has 0 unspecified atom stereocenters. The summed E-state index contributed by atoms with van der Waals surface area (Å²) in [6.45, 7) is 1.35. The molecule has 0 bridgehead atoms. The van der Waals surface area contributed by atoms with Crippen molar-refractivity contribution in [2.75, 3.05) is 0 Å². The second-order valence-electron chi connectivity index (χ2n) is 0.940. The van der Waals surface area contributed by atoms with Crippen molar-refractivity contribution in [3.8, 4) is 0 Å². The number of carboxylic acid groups (broad SMARTS) is 1. The molecule has 0 aromatic heterocycles. The first-order valence-electron chi connectivity index (χ1n) is 1.73. The van der Waals surface area contributed by atoms with Gasteiger partial charge in [-0.1, -0.05) is 0 Å². The van der Waals surface area contributed by atoms with E-state index in [2.05, 4.69) is 0 Å². The van der Waals surface area contributed by atoms with Gasteiger partial charge in [0.1, 0.15) is 5.97 Å². The van der Waals surface area contributed by atoms with Crippen molar-refractivity contribution < 1.29 is 44.6 Å². The molecule has 0 aromatic rings. The number of hydrogen-bond donors (Lipinski definition) is 0. The molecule has 0 atom stereocenters.